The first-order valence-corrected chi connectivity index (χ1v) is 9.35. The van der Waals surface area contributed by atoms with Crippen molar-refractivity contribution in [1.29, 1.82) is 0 Å². The highest BCUT2D eigenvalue weighted by molar-refractivity contribution is 6.30. The van der Waals surface area contributed by atoms with E-state index in [0.29, 0.717) is 17.4 Å². The maximum Gasteiger partial charge on any atom is 0.231 e. The number of amides is 1. The van der Waals surface area contributed by atoms with E-state index >= 15 is 0 Å². The zero-order chi connectivity index (χ0) is 18.7. The van der Waals surface area contributed by atoms with E-state index in [9.17, 15) is 4.79 Å². The highest BCUT2D eigenvalue weighted by atomic mass is 35.5. The van der Waals surface area contributed by atoms with Crippen LogP contribution < -0.4 is 10.2 Å². The number of carbonyl (C=O) groups excluding carboxylic acids is 1. The summed E-state index contributed by atoms with van der Waals surface area (Å²) < 4.78 is 0. The van der Waals surface area contributed by atoms with Crippen molar-refractivity contribution >= 4 is 23.3 Å². The van der Waals surface area contributed by atoms with E-state index < -0.39 is 5.41 Å². The lowest BCUT2D eigenvalue weighted by atomic mass is 9.78. The topological polar surface area (TPSA) is 58.1 Å². The quantitative estimate of drug-likeness (QED) is 0.870. The Hall–Kier alpha value is -2.14. The number of hydrogen-bond acceptors (Lipinski definition) is 4. The summed E-state index contributed by atoms with van der Waals surface area (Å²) in [5.41, 5.74) is 1.45. The molecule has 0 bridgehead atoms. The van der Waals surface area contributed by atoms with E-state index in [4.69, 9.17) is 11.6 Å². The molecule has 2 aromatic rings. The van der Waals surface area contributed by atoms with E-state index in [1.807, 2.05) is 56.3 Å². The molecule has 0 atom stereocenters. The van der Waals surface area contributed by atoms with Gasteiger partial charge in [-0.15, -0.1) is 0 Å². The van der Waals surface area contributed by atoms with Gasteiger partial charge in [0.1, 0.15) is 11.6 Å². The Morgan fingerprint density at radius 1 is 1.19 bits per heavy atom. The molecule has 0 radical (unpaired) electrons. The van der Waals surface area contributed by atoms with Crippen LogP contribution in [-0.4, -0.2) is 30.0 Å². The van der Waals surface area contributed by atoms with Gasteiger partial charge in [0, 0.05) is 30.9 Å². The minimum atomic E-state index is -0.473. The molecule has 6 heteroatoms. The summed E-state index contributed by atoms with van der Waals surface area (Å²) >= 11 is 6.02. The van der Waals surface area contributed by atoms with Gasteiger partial charge in [-0.05, 0) is 37.5 Å². The molecule has 0 saturated heterocycles. The first-order valence-electron chi connectivity index (χ1n) is 8.97. The number of carbonyl (C=O) groups is 1. The number of aryl methyl sites for hydroxylation is 1. The molecule has 1 aromatic heterocycles. The number of rotatable bonds is 5. The summed E-state index contributed by atoms with van der Waals surface area (Å²) in [5.74, 6) is 1.52. The summed E-state index contributed by atoms with van der Waals surface area (Å²) in [6.07, 6.45) is 3.83. The first kappa shape index (κ1) is 18.6. The van der Waals surface area contributed by atoms with Crippen LogP contribution in [0.4, 0.5) is 5.82 Å². The number of hydrogen-bond donors (Lipinski definition) is 1. The molecule has 0 unspecified atom stereocenters. The van der Waals surface area contributed by atoms with Crippen molar-refractivity contribution in [1.82, 2.24) is 15.3 Å². The fourth-order valence-electron chi connectivity index (χ4n) is 3.64. The second-order valence-electron chi connectivity index (χ2n) is 7.16. The molecule has 3 rings (SSSR count). The van der Waals surface area contributed by atoms with E-state index in [1.54, 1.807) is 0 Å². The minimum Gasteiger partial charge on any atom is -0.363 e. The second kappa shape index (κ2) is 7.62. The van der Waals surface area contributed by atoms with Crippen LogP contribution in [0.15, 0.2) is 30.3 Å². The summed E-state index contributed by atoms with van der Waals surface area (Å²) in [6.45, 7) is 2.27. The Balaban J connectivity index is 1.78. The van der Waals surface area contributed by atoms with Crippen molar-refractivity contribution in [2.24, 2.45) is 0 Å². The number of aromatic nitrogens is 2. The third-order valence-corrected chi connectivity index (χ3v) is 5.29. The molecule has 1 aliphatic carbocycles. The van der Waals surface area contributed by atoms with Crippen molar-refractivity contribution in [3.05, 3.63) is 52.4 Å². The first-order chi connectivity index (χ1) is 12.4. The Labute approximate surface area is 159 Å². The van der Waals surface area contributed by atoms with Gasteiger partial charge in [0.2, 0.25) is 5.91 Å². The number of halogens is 1. The van der Waals surface area contributed by atoms with Crippen LogP contribution in [0.5, 0.6) is 0 Å². The van der Waals surface area contributed by atoms with E-state index in [-0.39, 0.29) is 5.91 Å². The van der Waals surface area contributed by atoms with Crippen molar-refractivity contribution in [2.45, 2.75) is 44.6 Å². The van der Waals surface area contributed by atoms with Crippen molar-refractivity contribution in [2.75, 3.05) is 19.0 Å². The van der Waals surface area contributed by atoms with Gasteiger partial charge in [-0.25, -0.2) is 9.97 Å². The normalized spacial score (nSPS) is 15.7. The lowest BCUT2D eigenvalue weighted by Gasteiger charge is -2.28. The molecule has 1 heterocycles. The van der Waals surface area contributed by atoms with Crippen LogP contribution in [0, 0.1) is 6.92 Å². The predicted octanol–water partition coefficient (Wildman–Crippen LogP) is 3.63. The zero-order valence-corrected chi connectivity index (χ0v) is 16.3. The predicted molar refractivity (Wildman–Crippen MR) is 105 cm³/mol. The van der Waals surface area contributed by atoms with Crippen LogP contribution >= 0.6 is 11.6 Å². The Kier molecular flexibility index (Phi) is 5.47. The zero-order valence-electron chi connectivity index (χ0n) is 15.6. The fraction of sp³-hybridized carbons (Fsp3) is 0.450. The highest BCUT2D eigenvalue weighted by Gasteiger charge is 2.42. The third-order valence-electron chi connectivity index (χ3n) is 5.04. The molecule has 0 aliphatic heterocycles. The van der Waals surface area contributed by atoms with Crippen molar-refractivity contribution in [3.8, 4) is 0 Å². The lowest BCUT2D eigenvalue weighted by molar-refractivity contribution is -0.126. The molecule has 26 heavy (non-hydrogen) atoms. The summed E-state index contributed by atoms with van der Waals surface area (Å²) in [4.78, 5) is 24.0. The number of anilines is 1. The van der Waals surface area contributed by atoms with Crippen LogP contribution in [-0.2, 0) is 16.8 Å². The molecule has 5 nitrogen and oxygen atoms in total. The van der Waals surface area contributed by atoms with Gasteiger partial charge in [0.05, 0.1) is 12.0 Å². The van der Waals surface area contributed by atoms with Gasteiger partial charge in [-0.1, -0.05) is 36.6 Å². The molecule has 138 valence electrons. The van der Waals surface area contributed by atoms with Gasteiger partial charge in [-0.2, -0.15) is 0 Å². The molecule has 1 fully saturated rings. The standard InChI is InChI=1S/C20H25ClN4O/c1-14-12-18(25(2)3)24-17(23-14)13-22-19(26)20(10-4-5-11-20)15-6-8-16(21)9-7-15/h6-9,12H,4-5,10-11,13H2,1-3H3,(H,22,26). The Morgan fingerprint density at radius 2 is 1.85 bits per heavy atom. The monoisotopic (exact) mass is 372 g/mol. The van der Waals surface area contributed by atoms with Gasteiger partial charge in [0.15, 0.2) is 0 Å². The lowest BCUT2D eigenvalue weighted by Crippen LogP contribution is -2.42. The summed E-state index contributed by atoms with van der Waals surface area (Å²) in [6, 6.07) is 9.59. The number of nitrogens with one attached hydrogen (secondary N) is 1. The molecular weight excluding hydrogens is 348 g/mol. The Morgan fingerprint density at radius 3 is 2.46 bits per heavy atom. The van der Waals surface area contributed by atoms with Crippen molar-refractivity contribution in [3.63, 3.8) is 0 Å². The van der Waals surface area contributed by atoms with Gasteiger partial charge in [-0.3, -0.25) is 4.79 Å². The number of benzene rings is 1. The maximum absolute atomic E-state index is 13.1. The number of nitrogens with zero attached hydrogens (tertiary/aromatic N) is 3. The molecule has 1 aromatic carbocycles. The van der Waals surface area contributed by atoms with Crippen LogP contribution in [0.1, 0.15) is 42.8 Å². The SMILES string of the molecule is Cc1cc(N(C)C)nc(CNC(=O)C2(c3ccc(Cl)cc3)CCCC2)n1. The molecule has 1 saturated carbocycles. The van der Waals surface area contributed by atoms with E-state index in [0.717, 1.165) is 42.8 Å². The van der Waals surface area contributed by atoms with Gasteiger partial charge < -0.3 is 10.2 Å². The van der Waals surface area contributed by atoms with Gasteiger partial charge >= 0.3 is 0 Å². The highest BCUT2D eigenvalue weighted by Crippen LogP contribution is 2.41. The van der Waals surface area contributed by atoms with Gasteiger partial charge in [0.25, 0.3) is 0 Å². The third kappa shape index (κ3) is 3.83. The summed E-state index contributed by atoms with van der Waals surface area (Å²) in [5, 5.41) is 3.76. The maximum atomic E-state index is 13.1. The molecule has 1 N–H and O–H groups in total. The molecule has 1 aliphatic rings. The largest absolute Gasteiger partial charge is 0.363 e. The smallest absolute Gasteiger partial charge is 0.231 e. The molecule has 0 spiro atoms. The van der Waals surface area contributed by atoms with E-state index in [2.05, 4.69) is 15.3 Å². The second-order valence-corrected chi connectivity index (χ2v) is 7.59. The minimum absolute atomic E-state index is 0.0498. The molecular formula is C20H25ClN4O. The Bertz CT molecular complexity index is 783. The average Bonchev–Trinajstić information content (AvgIpc) is 3.11. The van der Waals surface area contributed by atoms with Crippen molar-refractivity contribution < 1.29 is 4.79 Å². The fourth-order valence-corrected chi connectivity index (χ4v) is 3.77. The average molecular weight is 373 g/mol. The van der Waals surface area contributed by atoms with Crippen LogP contribution in [0.3, 0.4) is 0 Å². The van der Waals surface area contributed by atoms with Crippen LogP contribution in [0.2, 0.25) is 5.02 Å². The van der Waals surface area contributed by atoms with E-state index in [1.165, 1.54) is 0 Å². The van der Waals surface area contributed by atoms with Crippen LogP contribution in [0.25, 0.3) is 0 Å². The summed E-state index contributed by atoms with van der Waals surface area (Å²) in [7, 11) is 3.89. The molecule has 1 amide bonds.